The molecule has 0 atom stereocenters. The molecule has 1 amide bonds. The molecule has 0 unspecified atom stereocenters. The number of nitrogens with two attached hydrogens (primary N) is 1. The van der Waals surface area contributed by atoms with E-state index in [1.807, 2.05) is 0 Å². The number of amides is 1. The number of nitrogens with one attached hydrogen (secondary N) is 1. The monoisotopic (exact) mass is 239 g/mol. The van der Waals surface area contributed by atoms with Crippen LogP contribution in [0.4, 0.5) is 5.95 Å². The summed E-state index contributed by atoms with van der Waals surface area (Å²) in [7, 11) is 1.65. The fourth-order valence-electron chi connectivity index (χ4n) is 1.81. The Kier molecular flexibility index (Phi) is 3.64. The molecular weight excluding hydrogens is 222 g/mol. The third-order valence-corrected chi connectivity index (χ3v) is 2.76. The van der Waals surface area contributed by atoms with E-state index in [0.29, 0.717) is 6.54 Å². The quantitative estimate of drug-likeness (QED) is 0.670. The van der Waals surface area contributed by atoms with Crippen LogP contribution < -0.4 is 11.1 Å². The first-order valence-electron chi connectivity index (χ1n) is 5.65. The molecule has 0 bridgehead atoms. The number of tetrazole rings is 1. The van der Waals surface area contributed by atoms with Crippen LogP contribution in [0.5, 0.6) is 0 Å². The van der Waals surface area contributed by atoms with Gasteiger partial charge in [0.15, 0.2) is 0 Å². The van der Waals surface area contributed by atoms with Crippen molar-refractivity contribution in [2.24, 2.45) is 12.8 Å². The second-order valence-corrected chi connectivity index (χ2v) is 4.26. The Morgan fingerprint density at radius 3 is 2.82 bits per heavy atom. The molecule has 0 radical (unpaired) electrons. The number of anilines is 1. The van der Waals surface area contributed by atoms with E-state index < -0.39 is 0 Å². The molecule has 1 aliphatic heterocycles. The molecule has 8 nitrogen and oxygen atoms in total. The zero-order chi connectivity index (χ0) is 12.3. The van der Waals surface area contributed by atoms with Gasteiger partial charge >= 0.3 is 0 Å². The number of aromatic nitrogens is 4. The van der Waals surface area contributed by atoms with Crippen molar-refractivity contribution in [3.8, 4) is 0 Å². The number of hydrogen-bond acceptors (Lipinski definition) is 6. The molecule has 1 saturated heterocycles. The minimum atomic E-state index is -0.117. The molecule has 3 N–H and O–H groups in total. The SMILES string of the molecule is Cn1nnc(NC(=O)CN2CCC(N)CC2)n1. The average Bonchev–Trinajstić information content (AvgIpc) is 2.67. The lowest BCUT2D eigenvalue weighted by Gasteiger charge is -2.29. The molecule has 94 valence electrons. The smallest absolute Gasteiger partial charge is 0.270 e. The molecule has 2 rings (SSSR count). The van der Waals surface area contributed by atoms with Crippen LogP contribution in [0, 0.1) is 0 Å². The van der Waals surface area contributed by atoms with Crippen molar-refractivity contribution in [2.75, 3.05) is 25.0 Å². The number of piperidine rings is 1. The van der Waals surface area contributed by atoms with Crippen LogP contribution in [-0.2, 0) is 11.8 Å². The third-order valence-electron chi connectivity index (χ3n) is 2.76. The third kappa shape index (κ3) is 3.46. The molecule has 0 aromatic carbocycles. The summed E-state index contributed by atoms with van der Waals surface area (Å²) in [5.74, 6) is 0.125. The molecule has 2 heterocycles. The van der Waals surface area contributed by atoms with Crippen LogP contribution in [0.25, 0.3) is 0 Å². The lowest BCUT2D eigenvalue weighted by Crippen LogP contribution is -2.43. The van der Waals surface area contributed by atoms with Gasteiger partial charge in [-0.15, -0.1) is 5.10 Å². The van der Waals surface area contributed by atoms with E-state index >= 15 is 0 Å². The molecule has 0 spiro atoms. The molecule has 1 aliphatic rings. The van der Waals surface area contributed by atoms with Gasteiger partial charge in [-0.3, -0.25) is 15.0 Å². The van der Waals surface area contributed by atoms with E-state index in [-0.39, 0.29) is 17.9 Å². The van der Waals surface area contributed by atoms with Crippen molar-refractivity contribution < 1.29 is 4.79 Å². The molecule has 17 heavy (non-hydrogen) atoms. The maximum absolute atomic E-state index is 11.7. The molecular formula is C9H17N7O. The molecule has 0 saturated carbocycles. The van der Waals surface area contributed by atoms with Gasteiger partial charge in [-0.1, -0.05) is 5.10 Å². The number of hydrogen-bond donors (Lipinski definition) is 2. The lowest BCUT2D eigenvalue weighted by molar-refractivity contribution is -0.117. The first-order valence-corrected chi connectivity index (χ1v) is 5.65. The summed E-state index contributed by atoms with van der Waals surface area (Å²) in [5.41, 5.74) is 5.80. The number of nitrogens with zero attached hydrogens (tertiary/aromatic N) is 5. The largest absolute Gasteiger partial charge is 0.328 e. The first kappa shape index (κ1) is 11.9. The van der Waals surface area contributed by atoms with Gasteiger partial charge in [0, 0.05) is 19.1 Å². The van der Waals surface area contributed by atoms with Crippen LogP contribution in [0.2, 0.25) is 0 Å². The van der Waals surface area contributed by atoms with E-state index in [2.05, 4.69) is 25.6 Å². The van der Waals surface area contributed by atoms with Gasteiger partial charge in [-0.05, 0) is 18.1 Å². The van der Waals surface area contributed by atoms with Crippen molar-refractivity contribution in [3.05, 3.63) is 0 Å². The Balaban J connectivity index is 1.77. The van der Waals surface area contributed by atoms with E-state index in [9.17, 15) is 4.79 Å². The molecule has 1 aromatic rings. The highest BCUT2D eigenvalue weighted by molar-refractivity contribution is 5.90. The van der Waals surface area contributed by atoms with E-state index in [1.54, 1.807) is 7.05 Å². The van der Waals surface area contributed by atoms with Gasteiger partial charge < -0.3 is 5.73 Å². The predicted octanol–water partition coefficient (Wildman–Crippen LogP) is -1.43. The highest BCUT2D eigenvalue weighted by Crippen LogP contribution is 2.07. The highest BCUT2D eigenvalue weighted by Gasteiger charge is 2.18. The summed E-state index contributed by atoms with van der Waals surface area (Å²) in [6, 6.07) is 0.274. The zero-order valence-corrected chi connectivity index (χ0v) is 9.83. The Labute approximate surface area is 99.1 Å². The number of aryl methyl sites for hydroxylation is 1. The van der Waals surface area contributed by atoms with Gasteiger partial charge in [0.1, 0.15) is 0 Å². The Morgan fingerprint density at radius 2 is 2.24 bits per heavy atom. The van der Waals surface area contributed by atoms with E-state index in [1.165, 1.54) is 4.80 Å². The van der Waals surface area contributed by atoms with Crippen LogP contribution in [0.3, 0.4) is 0 Å². The van der Waals surface area contributed by atoms with Gasteiger partial charge in [-0.2, -0.15) is 4.80 Å². The van der Waals surface area contributed by atoms with Gasteiger partial charge in [0.2, 0.25) is 5.91 Å². The van der Waals surface area contributed by atoms with E-state index in [4.69, 9.17) is 5.73 Å². The fraction of sp³-hybridized carbons (Fsp3) is 0.778. The Bertz CT molecular complexity index is 382. The van der Waals surface area contributed by atoms with Gasteiger partial charge in [0.05, 0.1) is 13.6 Å². The maximum atomic E-state index is 11.7. The summed E-state index contributed by atoms with van der Waals surface area (Å²) in [4.78, 5) is 15.0. The Morgan fingerprint density at radius 1 is 1.53 bits per heavy atom. The average molecular weight is 239 g/mol. The topological polar surface area (TPSA) is 102 Å². The summed E-state index contributed by atoms with van der Waals surface area (Å²) in [5, 5.41) is 13.8. The molecule has 0 aliphatic carbocycles. The fourth-order valence-corrected chi connectivity index (χ4v) is 1.81. The van der Waals surface area contributed by atoms with Crippen molar-refractivity contribution in [3.63, 3.8) is 0 Å². The first-order chi connectivity index (χ1) is 8.13. The van der Waals surface area contributed by atoms with Crippen LogP contribution in [0.15, 0.2) is 0 Å². The van der Waals surface area contributed by atoms with Crippen molar-refractivity contribution in [1.29, 1.82) is 0 Å². The second kappa shape index (κ2) is 5.19. The summed E-state index contributed by atoms with van der Waals surface area (Å²) >= 11 is 0. The van der Waals surface area contributed by atoms with Crippen molar-refractivity contribution >= 4 is 11.9 Å². The number of carbonyl (C=O) groups is 1. The normalized spacial score (nSPS) is 18.2. The van der Waals surface area contributed by atoms with Crippen LogP contribution >= 0.6 is 0 Å². The van der Waals surface area contributed by atoms with Gasteiger partial charge in [-0.25, -0.2) is 0 Å². The lowest BCUT2D eigenvalue weighted by atomic mass is 10.1. The van der Waals surface area contributed by atoms with Crippen LogP contribution in [0.1, 0.15) is 12.8 Å². The number of likely N-dealkylation sites (tertiary alicyclic amines) is 1. The minimum absolute atomic E-state index is 0.117. The summed E-state index contributed by atoms with van der Waals surface area (Å²) < 4.78 is 0. The summed E-state index contributed by atoms with van der Waals surface area (Å²) in [6.45, 7) is 2.08. The van der Waals surface area contributed by atoms with Gasteiger partial charge in [0.25, 0.3) is 5.95 Å². The number of rotatable bonds is 3. The van der Waals surface area contributed by atoms with Crippen molar-refractivity contribution in [1.82, 2.24) is 25.1 Å². The number of carbonyl (C=O) groups excluding carboxylic acids is 1. The maximum Gasteiger partial charge on any atom is 0.270 e. The molecule has 1 aromatic heterocycles. The zero-order valence-electron chi connectivity index (χ0n) is 9.83. The Hall–Kier alpha value is -1.54. The standard InChI is InChI=1S/C9H17N7O/c1-15-13-9(12-14-15)11-8(17)6-16-4-2-7(10)3-5-16/h7H,2-6,10H2,1H3,(H,11,13,17). The molecule has 1 fully saturated rings. The van der Waals surface area contributed by atoms with E-state index in [0.717, 1.165) is 25.9 Å². The summed E-state index contributed by atoms with van der Waals surface area (Å²) in [6.07, 6.45) is 1.88. The van der Waals surface area contributed by atoms with Crippen LogP contribution in [-0.4, -0.2) is 56.7 Å². The second-order valence-electron chi connectivity index (χ2n) is 4.26. The minimum Gasteiger partial charge on any atom is -0.328 e. The molecule has 8 heteroatoms. The predicted molar refractivity (Wildman–Crippen MR) is 61.1 cm³/mol. The van der Waals surface area contributed by atoms with Crippen molar-refractivity contribution in [2.45, 2.75) is 18.9 Å². The highest BCUT2D eigenvalue weighted by atomic mass is 16.2.